The second-order valence-corrected chi connectivity index (χ2v) is 5.17. The predicted octanol–water partition coefficient (Wildman–Crippen LogP) is 3.25. The molecule has 0 saturated carbocycles. The summed E-state index contributed by atoms with van der Waals surface area (Å²) in [4.78, 5) is 4.37. The molecule has 1 aliphatic heterocycles. The number of benzene rings is 1. The van der Waals surface area contributed by atoms with Gasteiger partial charge >= 0.3 is 0 Å². The van der Waals surface area contributed by atoms with Crippen molar-refractivity contribution in [2.24, 2.45) is 0 Å². The van der Waals surface area contributed by atoms with Crippen molar-refractivity contribution in [1.29, 1.82) is 0 Å². The monoisotopic (exact) mass is 255 g/mol. The standard InChI is InChI=1S/C16H21N3/c1-2-13-7-3-4-9-15(13)19-12-17-11-16(19)14-8-5-6-10-18-14/h3-4,7,9,11-12,14,18H,2,5-6,8,10H2,1H3. The number of aryl methyl sites for hydroxylation is 1. The molecule has 0 spiro atoms. The van der Waals surface area contributed by atoms with Crippen LogP contribution in [-0.2, 0) is 6.42 Å². The van der Waals surface area contributed by atoms with Crippen molar-refractivity contribution in [3.05, 3.63) is 48.0 Å². The van der Waals surface area contributed by atoms with Crippen LogP contribution in [0.1, 0.15) is 43.5 Å². The van der Waals surface area contributed by atoms with Crippen LogP contribution in [0.4, 0.5) is 0 Å². The lowest BCUT2D eigenvalue weighted by Crippen LogP contribution is -2.28. The van der Waals surface area contributed by atoms with Crippen LogP contribution in [0.2, 0.25) is 0 Å². The third-order valence-corrected chi connectivity index (χ3v) is 3.97. The molecule has 19 heavy (non-hydrogen) atoms. The minimum Gasteiger partial charge on any atom is -0.309 e. The van der Waals surface area contributed by atoms with Crippen molar-refractivity contribution in [2.75, 3.05) is 6.54 Å². The third kappa shape index (κ3) is 2.43. The highest BCUT2D eigenvalue weighted by Crippen LogP contribution is 2.26. The van der Waals surface area contributed by atoms with Crippen molar-refractivity contribution < 1.29 is 0 Å². The van der Waals surface area contributed by atoms with Gasteiger partial charge in [0.2, 0.25) is 0 Å². The molecule has 100 valence electrons. The maximum Gasteiger partial charge on any atom is 0.0994 e. The van der Waals surface area contributed by atoms with Gasteiger partial charge in [-0.25, -0.2) is 4.98 Å². The molecule has 1 saturated heterocycles. The van der Waals surface area contributed by atoms with E-state index in [1.54, 1.807) is 0 Å². The Bertz CT molecular complexity index is 538. The van der Waals surface area contributed by atoms with E-state index in [9.17, 15) is 0 Å². The number of aromatic nitrogens is 2. The quantitative estimate of drug-likeness (QED) is 0.912. The Kier molecular flexibility index (Phi) is 3.65. The van der Waals surface area contributed by atoms with Crippen molar-refractivity contribution >= 4 is 0 Å². The lowest BCUT2D eigenvalue weighted by molar-refractivity contribution is 0.401. The van der Waals surface area contributed by atoms with Crippen LogP contribution in [0.5, 0.6) is 0 Å². The molecular formula is C16H21N3. The molecule has 0 aliphatic carbocycles. The van der Waals surface area contributed by atoms with Crippen molar-refractivity contribution in [3.8, 4) is 5.69 Å². The minimum absolute atomic E-state index is 0.446. The van der Waals surface area contributed by atoms with Gasteiger partial charge in [0.1, 0.15) is 0 Å². The zero-order valence-corrected chi connectivity index (χ0v) is 11.5. The van der Waals surface area contributed by atoms with Crippen LogP contribution in [0.15, 0.2) is 36.8 Å². The molecule has 1 N–H and O–H groups in total. The van der Waals surface area contributed by atoms with Crippen molar-refractivity contribution in [3.63, 3.8) is 0 Å². The Balaban J connectivity index is 1.99. The maximum atomic E-state index is 4.37. The van der Waals surface area contributed by atoms with Crippen LogP contribution >= 0.6 is 0 Å². The molecular weight excluding hydrogens is 234 g/mol. The van der Waals surface area contributed by atoms with Crippen LogP contribution < -0.4 is 5.32 Å². The van der Waals surface area contributed by atoms with Crippen molar-refractivity contribution in [2.45, 2.75) is 38.6 Å². The molecule has 0 radical (unpaired) electrons. The van der Waals surface area contributed by atoms with Gasteiger partial charge in [0.25, 0.3) is 0 Å². The lowest BCUT2D eigenvalue weighted by Gasteiger charge is -2.25. The zero-order valence-electron chi connectivity index (χ0n) is 11.5. The summed E-state index contributed by atoms with van der Waals surface area (Å²) in [5.41, 5.74) is 3.93. The number of hydrogen-bond donors (Lipinski definition) is 1. The molecule has 1 aliphatic rings. The number of piperidine rings is 1. The molecule has 1 atom stereocenters. The van der Waals surface area contributed by atoms with Crippen LogP contribution in [-0.4, -0.2) is 16.1 Å². The average molecular weight is 255 g/mol. The summed E-state index contributed by atoms with van der Waals surface area (Å²) in [5.74, 6) is 0. The van der Waals surface area contributed by atoms with E-state index in [4.69, 9.17) is 0 Å². The van der Waals surface area contributed by atoms with E-state index in [2.05, 4.69) is 46.1 Å². The predicted molar refractivity (Wildman–Crippen MR) is 77.5 cm³/mol. The first-order valence-electron chi connectivity index (χ1n) is 7.24. The molecule has 2 heterocycles. The SMILES string of the molecule is CCc1ccccc1-n1cncc1C1CCCCN1. The summed E-state index contributed by atoms with van der Waals surface area (Å²) in [7, 11) is 0. The smallest absolute Gasteiger partial charge is 0.0994 e. The summed E-state index contributed by atoms with van der Waals surface area (Å²) >= 11 is 0. The number of para-hydroxylation sites is 1. The first-order valence-corrected chi connectivity index (χ1v) is 7.24. The Hall–Kier alpha value is -1.61. The summed E-state index contributed by atoms with van der Waals surface area (Å²) in [6, 6.07) is 9.05. The molecule has 3 nitrogen and oxygen atoms in total. The Morgan fingerprint density at radius 3 is 3.00 bits per heavy atom. The van der Waals surface area contributed by atoms with E-state index in [1.165, 1.54) is 36.2 Å². The maximum absolute atomic E-state index is 4.37. The summed E-state index contributed by atoms with van der Waals surface area (Å²) < 4.78 is 2.25. The topological polar surface area (TPSA) is 29.9 Å². The van der Waals surface area contributed by atoms with Gasteiger partial charge in [0.05, 0.1) is 23.9 Å². The van der Waals surface area contributed by atoms with E-state index >= 15 is 0 Å². The van der Waals surface area contributed by atoms with Gasteiger partial charge in [-0.05, 0) is 37.4 Å². The Morgan fingerprint density at radius 1 is 1.32 bits per heavy atom. The van der Waals surface area contributed by atoms with E-state index in [0.29, 0.717) is 6.04 Å². The van der Waals surface area contributed by atoms with E-state index in [-0.39, 0.29) is 0 Å². The fraction of sp³-hybridized carbons (Fsp3) is 0.438. The highest BCUT2D eigenvalue weighted by Gasteiger charge is 2.19. The number of imidazole rings is 1. The third-order valence-electron chi connectivity index (χ3n) is 3.97. The molecule has 1 unspecified atom stereocenters. The highest BCUT2D eigenvalue weighted by atomic mass is 15.1. The number of rotatable bonds is 3. The fourth-order valence-electron chi connectivity index (χ4n) is 2.91. The summed E-state index contributed by atoms with van der Waals surface area (Å²) in [6.45, 7) is 3.32. The Morgan fingerprint density at radius 2 is 2.21 bits per heavy atom. The first kappa shape index (κ1) is 12.4. The normalized spacial score (nSPS) is 19.5. The van der Waals surface area contributed by atoms with Gasteiger partial charge < -0.3 is 9.88 Å². The lowest BCUT2D eigenvalue weighted by atomic mass is 10.0. The largest absolute Gasteiger partial charge is 0.309 e. The molecule has 3 rings (SSSR count). The Labute approximate surface area is 114 Å². The highest BCUT2D eigenvalue weighted by molar-refractivity contribution is 5.42. The van der Waals surface area contributed by atoms with Gasteiger partial charge in [0.15, 0.2) is 0 Å². The number of nitrogens with one attached hydrogen (secondary N) is 1. The van der Waals surface area contributed by atoms with E-state index in [0.717, 1.165) is 13.0 Å². The van der Waals surface area contributed by atoms with Gasteiger partial charge in [-0.3, -0.25) is 0 Å². The second kappa shape index (κ2) is 5.57. The minimum atomic E-state index is 0.446. The first-order chi connectivity index (χ1) is 9.40. The fourth-order valence-corrected chi connectivity index (χ4v) is 2.91. The molecule has 1 aromatic heterocycles. The van der Waals surface area contributed by atoms with E-state index < -0.39 is 0 Å². The molecule has 0 bridgehead atoms. The van der Waals surface area contributed by atoms with E-state index in [1.807, 2.05) is 12.5 Å². The molecule has 0 amide bonds. The van der Waals surface area contributed by atoms with Gasteiger partial charge in [-0.15, -0.1) is 0 Å². The van der Waals surface area contributed by atoms with Crippen LogP contribution in [0.3, 0.4) is 0 Å². The summed E-state index contributed by atoms with van der Waals surface area (Å²) in [5, 5.41) is 3.61. The molecule has 2 aromatic rings. The molecule has 1 fully saturated rings. The van der Waals surface area contributed by atoms with Gasteiger partial charge in [-0.2, -0.15) is 0 Å². The van der Waals surface area contributed by atoms with Crippen molar-refractivity contribution in [1.82, 2.24) is 14.9 Å². The average Bonchev–Trinajstić information content (AvgIpc) is 2.97. The van der Waals surface area contributed by atoms with Gasteiger partial charge in [0, 0.05) is 6.04 Å². The van der Waals surface area contributed by atoms with Gasteiger partial charge in [-0.1, -0.05) is 31.5 Å². The number of hydrogen-bond acceptors (Lipinski definition) is 2. The second-order valence-electron chi connectivity index (χ2n) is 5.17. The number of nitrogens with zero attached hydrogens (tertiary/aromatic N) is 2. The molecule has 1 aromatic carbocycles. The zero-order chi connectivity index (χ0) is 13.1. The summed E-state index contributed by atoms with van der Waals surface area (Å²) in [6.07, 6.45) is 8.80. The van der Waals surface area contributed by atoms with Crippen LogP contribution in [0.25, 0.3) is 5.69 Å². The molecule has 3 heteroatoms. The van der Waals surface area contributed by atoms with Crippen LogP contribution in [0, 0.1) is 0 Å².